The summed E-state index contributed by atoms with van der Waals surface area (Å²) in [4.78, 5) is 87.1. The molecule has 0 saturated carbocycles. The number of aliphatic hydroxyl groups excluding tert-OH is 1. The number of ether oxygens (including phenoxy) is 3. The molecule has 6 rings (SSSR count). The number of aliphatic carboxylic acids is 1. The number of carboxylic acid groups (broad SMARTS) is 1. The van der Waals surface area contributed by atoms with Gasteiger partial charge in [0.2, 0.25) is 17.5 Å². The van der Waals surface area contributed by atoms with Gasteiger partial charge in [-0.15, -0.1) is 0 Å². The van der Waals surface area contributed by atoms with E-state index >= 15 is 4.79 Å². The lowest BCUT2D eigenvalue weighted by Crippen LogP contribution is -2.68. The summed E-state index contributed by atoms with van der Waals surface area (Å²) in [5.74, 6) is -3.15. The second-order valence-electron chi connectivity index (χ2n) is 14.2. The van der Waals surface area contributed by atoms with E-state index in [1.165, 1.54) is 50.9 Å². The van der Waals surface area contributed by atoms with E-state index in [0.29, 0.717) is 17.0 Å². The van der Waals surface area contributed by atoms with Gasteiger partial charge in [0.05, 0.1) is 37.0 Å². The fourth-order valence-electron chi connectivity index (χ4n) is 7.32. The summed E-state index contributed by atoms with van der Waals surface area (Å²) in [6.45, 7) is -1.25. The Balaban J connectivity index is 1.60. The van der Waals surface area contributed by atoms with Crippen LogP contribution in [0.5, 0.6) is 5.88 Å². The van der Waals surface area contributed by atoms with Crippen LogP contribution in [0.25, 0.3) is 11.4 Å². The topological polar surface area (TPSA) is 205 Å². The zero-order chi connectivity index (χ0) is 44.1. The van der Waals surface area contributed by atoms with Crippen LogP contribution in [0.15, 0.2) is 144 Å². The second kappa shape index (κ2) is 20.9. The standard InChI is InChI=1S/C46H46N6O10/c1-60-29-34-26-47-31-51(44(34)57)46(45(58)59,36-19-10-5-11-20-36)52(40(54)28-50-42(33-17-8-4-9-18-33)49-27-35(30-61-2)43(50)56)37(25-32-15-6-3-7-16-32)41(55)38(53)21-14-24-62-39-22-12-13-23-48-39/h3-13,15-20,22-23,26-27,31,37,41,55H,14,21,24-25,28-30H2,1-2H3,(H,58,59). The molecule has 3 heterocycles. The highest BCUT2D eigenvalue weighted by Crippen LogP contribution is 2.35. The highest BCUT2D eigenvalue weighted by Gasteiger charge is 2.55. The van der Waals surface area contributed by atoms with E-state index < -0.39 is 53.1 Å². The molecule has 16 heteroatoms. The number of aliphatic hydroxyl groups is 1. The molecule has 3 atom stereocenters. The van der Waals surface area contributed by atoms with E-state index in [-0.39, 0.29) is 61.6 Å². The first-order chi connectivity index (χ1) is 30.1. The molecule has 6 aromatic rings. The van der Waals surface area contributed by atoms with Crippen molar-refractivity contribution in [2.75, 3.05) is 20.8 Å². The normalized spacial score (nSPS) is 13.1. The first-order valence-corrected chi connectivity index (χ1v) is 19.7. The summed E-state index contributed by atoms with van der Waals surface area (Å²) in [5.41, 5.74) is -3.51. The molecule has 320 valence electrons. The third kappa shape index (κ3) is 9.73. The molecule has 1 amide bonds. The number of methoxy groups -OCH3 is 2. The van der Waals surface area contributed by atoms with Gasteiger partial charge in [0.1, 0.15) is 24.8 Å². The third-order valence-electron chi connectivity index (χ3n) is 10.2. The Morgan fingerprint density at radius 3 is 2.05 bits per heavy atom. The van der Waals surface area contributed by atoms with Crippen molar-refractivity contribution in [2.45, 2.75) is 56.8 Å². The molecule has 0 bridgehead atoms. The highest BCUT2D eigenvalue weighted by molar-refractivity contribution is 5.90. The number of pyridine rings is 1. The average molecular weight is 843 g/mol. The zero-order valence-corrected chi connectivity index (χ0v) is 34.1. The van der Waals surface area contributed by atoms with Gasteiger partial charge >= 0.3 is 5.97 Å². The number of carboxylic acids is 1. The van der Waals surface area contributed by atoms with Crippen LogP contribution in [0, 0.1) is 0 Å². The van der Waals surface area contributed by atoms with Crippen LogP contribution in [0.1, 0.15) is 35.1 Å². The molecule has 0 aliphatic rings. The molecule has 2 N–H and O–H groups in total. The molecule has 0 fully saturated rings. The number of ketones is 1. The van der Waals surface area contributed by atoms with Crippen molar-refractivity contribution in [1.82, 2.24) is 29.0 Å². The number of carbonyl (C=O) groups is 3. The summed E-state index contributed by atoms with van der Waals surface area (Å²) in [6.07, 6.45) is 2.63. The zero-order valence-electron chi connectivity index (χ0n) is 34.1. The Hall–Kier alpha value is -7.14. The number of amides is 1. The molecule has 62 heavy (non-hydrogen) atoms. The van der Waals surface area contributed by atoms with Crippen LogP contribution in [-0.2, 0) is 55.7 Å². The molecule has 3 aromatic carbocycles. The van der Waals surface area contributed by atoms with Gasteiger partial charge in [-0.1, -0.05) is 97.1 Å². The van der Waals surface area contributed by atoms with E-state index in [1.807, 2.05) is 0 Å². The predicted molar refractivity (Wildman–Crippen MR) is 226 cm³/mol. The lowest BCUT2D eigenvalue weighted by atomic mass is 9.88. The van der Waals surface area contributed by atoms with Crippen LogP contribution in [0.2, 0.25) is 0 Å². The maximum Gasteiger partial charge on any atom is 0.356 e. The lowest BCUT2D eigenvalue weighted by molar-refractivity contribution is -0.172. The Morgan fingerprint density at radius 1 is 0.790 bits per heavy atom. The molecule has 0 aliphatic carbocycles. The van der Waals surface area contributed by atoms with Gasteiger partial charge in [0.15, 0.2) is 5.78 Å². The molecule has 16 nitrogen and oxygen atoms in total. The number of Topliss-reactive ketones (excluding diaryl/α,β-unsaturated/α-hetero) is 1. The number of hydrogen-bond donors (Lipinski definition) is 2. The van der Waals surface area contributed by atoms with Crippen LogP contribution in [0.3, 0.4) is 0 Å². The van der Waals surface area contributed by atoms with Gasteiger partial charge < -0.3 is 24.4 Å². The Labute approximate surface area is 356 Å². The van der Waals surface area contributed by atoms with Gasteiger partial charge in [-0.25, -0.2) is 19.7 Å². The van der Waals surface area contributed by atoms with Crippen LogP contribution >= 0.6 is 0 Å². The summed E-state index contributed by atoms with van der Waals surface area (Å²) in [6, 6.07) is 28.1. The van der Waals surface area contributed by atoms with Gasteiger partial charge in [-0.3, -0.25) is 33.2 Å². The number of carbonyl (C=O) groups excluding carboxylic acids is 2. The number of aromatic nitrogens is 5. The average Bonchev–Trinajstić information content (AvgIpc) is 3.29. The molecule has 0 radical (unpaired) electrons. The molecular weight excluding hydrogens is 797 g/mol. The Morgan fingerprint density at radius 2 is 1.42 bits per heavy atom. The first kappa shape index (κ1) is 44.4. The van der Waals surface area contributed by atoms with Crippen molar-refractivity contribution in [3.63, 3.8) is 0 Å². The van der Waals surface area contributed by atoms with Crippen LogP contribution in [-0.4, -0.2) is 89.8 Å². The highest BCUT2D eigenvalue weighted by atomic mass is 16.5. The molecule has 3 unspecified atom stereocenters. The van der Waals surface area contributed by atoms with Crippen LogP contribution < -0.4 is 15.9 Å². The number of nitrogens with zero attached hydrogens (tertiary/aromatic N) is 6. The van der Waals surface area contributed by atoms with Gasteiger partial charge in [-0.2, -0.15) is 0 Å². The minimum atomic E-state index is -2.86. The van der Waals surface area contributed by atoms with Crippen molar-refractivity contribution >= 4 is 17.7 Å². The van der Waals surface area contributed by atoms with E-state index in [4.69, 9.17) is 14.2 Å². The first-order valence-electron chi connectivity index (χ1n) is 19.7. The van der Waals surface area contributed by atoms with Gasteiger partial charge in [-0.05, 0) is 24.5 Å². The maximum absolute atomic E-state index is 15.7. The summed E-state index contributed by atoms with van der Waals surface area (Å²) in [7, 11) is 2.74. The molecule has 3 aromatic heterocycles. The smallest absolute Gasteiger partial charge is 0.356 e. The third-order valence-corrected chi connectivity index (χ3v) is 10.2. The fraction of sp³-hybridized carbons (Fsp3) is 0.261. The summed E-state index contributed by atoms with van der Waals surface area (Å²) < 4.78 is 18.1. The van der Waals surface area contributed by atoms with Gasteiger partial charge in [0.25, 0.3) is 11.1 Å². The molecule has 0 spiro atoms. The Kier molecular flexibility index (Phi) is 15.0. The molecular formula is C46H46N6O10. The summed E-state index contributed by atoms with van der Waals surface area (Å²) in [5, 5.41) is 24.2. The van der Waals surface area contributed by atoms with Crippen LogP contribution in [0.4, 0.5) is 0 Å². The van der Waals surface area contributed by atoms with E-state index in [2.05, 4.69) is 15.0 Å². The summed E-state index contributed by atoms with van der Waals surface area (Å²) >= 11 is 0. The number of hydrogen-bond acceptors (Lipinski definition) is 12. The quantitative estimate of drug-likeness (QED) is 0.0990. The maximum atomic E-state index is 15.7. The van der Waals surface area contributed by atoms with Crippen molar-refractivity contribution in [1.29, 1.82) is 0 Å². The monoisotopic (exact) mass is 842 g/mol. The minimum absolute atomic E-state index is 0.0489. The number of rotatable bonds is 21. The predicted octanol–water partition coefficient (Wildman–Crippen LogP) is 3.87. The van der Waals surface area contributed by atoms with E-state index in [1.54, 1.807) is 91.1 Å². The fourth-order valence-corrected chi connectivity index (χ4v) is 7.32. The van der Waals surface area contributed by atoms with Crippen molar-refractivity contribution in [3.05, 3.63) is 177 Å². The van der Waals surface area contributed by atoms with Gasteiger partial charge in [0, 0.05) is 56.4 Å². The lowest BCUT2D eigenvalue weighted by Gasteiger charge is -2.47. The SMILES string of the molecule is COCc1cncn(C(C(=O)O)(c2ccccc2)N(C(=O)Cn2c(-c3ccccc3)ncc(COC)c2=O)C(Cc2ccccc2)C(O)C(=O)CCCOc2ccccn2)c1=O. The number of benzene rings is 3. The Bertz CT molecular complexity index is 2560. The van der Waals surface area contributed by atoms with Crippen molar-refractivity contribution in [2.24, 2.45) is 0 Å². The second-order valence-corrected chi connectivity index (χ2v) is 14.2. The van der Waals surface area contributed by atoms with Crippen molar-refractivity contribution < 1.29 is 38.8 Å². The molecule has 0 saturated heterocycles. The van der Waals surface area contributed by atoms with E-state index in [0.717, 1.165) is 20.4 Å². The molecule has 0 aliphatic heterocycles. The largest absolute Gasteiger partial charge is 0.478 e. The van der Waals surface area contributed by atoms with Crippen molar-refractivity contribution in [3.8, 4) is 17.3 Å². The minimum Gasteiger partial charge on any atom is -0.478 e. The van der Waals surface area contributed by atoms with E-state index in [9.17, 15) is 29.4 Å².